The van der Waals surface area contributed by atoms with Crippen LogP contribution < -0.4 is 4.74 Å². The molecule has 0 aliphatic heterocycles. The lowest BCUT2D eigenvalue weighted by atomic mass is 10.2. The molecule has 0 aromatic heterocycles. The Kier molecular flexibility index (Phi) is 7.02. The van der Waals surface area contributed by atoms with Crippen molar-refractivity contribution in [3.63, 3.8) is 0 Å². The first-order valence-electron chi connectivity index (χ1n) is 7.25. The van der Waals surface area contributed by atoms with E-state index in [0.717, 1.165) is 12.8 Å². The monoisotopic (exact) mass is 295 g/mol. The van der Waals surface area contributed by atoms with Gasteiger partial charge in [-0.15, -0.1) is 0 Å². The van der Waals surface area contributed by atoms with Gasteiger partial charge in [-0.25, -0.2) is 4.79 Å². The first kappa shape index (κ1) is 17.3. The minimum atomic E-state index is -0.413. The normalized spacial score (nSPS) is 12.2. The molecule has 0 aliphatic carbocycles. The van der Waals surface area contributed by atoms with Crippen molar-refractivity contribution in [1.29, 1.82) is 0 Å². The number of carbonyl (C=O) groups is 1. The predicted octanol–water partition coefficient (Wildman–Crippen LogP) is 2.68. The Balaban J connectivity index is 2.65. The van der Waals surface area contributed by atoms with E-state index in [0.29, 0.717) is 24.5 Å². The van der Waals surface area contributed by atoms with Crippen LogP contribution in [0.4, 0.5) is 0 Å². The van der Waals surface area contributed by atoms with Crippen LogP contribution in [0.3, 0.4) is 0 Å². The van der Waals surface area contributed by atoms with E-state index in [1.807, 2.05) is 25.9 Å². The molecule has 0 heterocycles. The number of likely N-dealkylation sites (N-methyl/N-ethyl adjacent to an activating group) is 1. The highest BCUT2D eigenvalue weighted by Gasteiger charge is 2.13. The van der Waals surface area contributed by atoms with Crippen LogP contribution in [-0.4, -0.2) is 49.3 Å². The molecule has 0 saturated heterocycles. The zero-order valence-corrected chi connectivity index (χ0v) is 13.3. The van der Waals surface area contributed by atoms with Gasteiger partial charge in [-0.05, 0) is 45.6 Å². The number of carbonyl (C=O) groups excluding carboxylic acids is 1. The van der Waals surface area contributed by atoms with Gasteiger partial charge in [0.1, 0.15) is 6.61 Å². The molecular weight excluding hydrogens is 270 g/mol. The topological polar surface area (TPSA) is 59.0 Å². The smallest absolute Gasteiger partial charge is 0.338 e. The summed E-state index contributed by atoms with van der Waals surface area (Å²) in [4.78, 5) is 14.0. The van der Waals surface area contributed by atoms with Gasteiger partial charge in [0.25, 0.3) is 0 Å². The molecule has 1 aromatic carbocycles. The molecule has 5 heteroatoms. The summed E-state index contributed by atoms with van der Waals surface area (Å²) in [5.41, 5.74) is 0.380. The average Bonchev–Trinajstić information content (AvgIpc) is 2.46. The number of hydrogen-bond donors (Lipinski definition) is 1. The number of phenolic OH excluding ortho intramolecular Hbond substituents is 1. The molecule has 1 N–H and O–H groups in total. The molecule has 1 atom stereocenters. The molecule has 1 aromatic rings. The fourth-order valence-electron chi connectivity index (χ4n) is 1.51. The first-order chi connectivity index (χ1) is 9.95. The van der Waals surface area contributed by atoms with Crippen molar-refractivity contribution in [2.45, 2.75) is 32.7 Å². The summed E-state index contributed by atoms with van der Waals surface area (Å²) < 4.78 is 10.7. The number of phenols is 1. The Morgan fingerprint density at radius 2 is 2.10 bits per heavy atom. The Morgan fingerprint density at radius 3 is 2.71 bits per heavy atom. The molecule has 5 nitrogen and oxygen atoms in total. The average molecular weight is 295 g/mol. The highest BCUT2D eigenvalue weighted by Crippen LogP contribution is 2.27. The van der Waals surface area contributed by atoms with E-state index >= 15 is 0 Å². The van der Waals surface area contributed by atoms with Crippen LogP contribution in [0.25, 0.3) is 0 Å². The summed E-state index contributed by atoms with van der Waals surface area (Å²) in [5.74, 6) is -0.0630. The van der Waals surface area contributed by atoms with Gasteiger partial charge in [-0.3, -0.25) is 0 Å². The lowest BCUT2D eigenvalue weighted by molar-refractivity contribution is 0.0416. The van der Waals surface area contributed by atoms with E-state index in [2.05, 4.69) is 6.92 Å². The molecular formula is C16H25NO4. The summed E-state index contributed by atoms with van der Waals surface area (Å²) in [6, 6.07) is 4.65. The van der Waals surface area contributed by atoms with Crippen molar-refractivity contribution in [2.24, 2.45) is 0 Å². The number of hydrogen-bond acceptors (Lipinski definition) is 5. The maximum atomic E-state index is 12.0. The Hall–Kier alpha value is -1.75. The van der Waals surface area contributed by atoms with E-state index in [9.17, 15) is 9.90 Å². The fourth-order valence-corrected chi connectivity index (χ4v) is 1.51. The zero-order chi connectivity index (χ0) is 15.8. The van der Waals surface area contributed by atoms with Crippen LogP contribution >= 0.6 is 0 Å². The lowest BCUT2D eigenvalue weighted by Gasteiger charge is -2.19. The molecule has 0 bridgehead atoms. The van der Waals surface area contributed by atoms with Crippen LogP contribution in [0.15, 0.2) is 18.2 Å². The lowest BCUT2D eigenvalue weighted by Crippen LogP contribution is -2.30. The van der Waals surface area contributed by atoms with Gasteiger partial charge in [-0.1, -0.05) is 13.3 Å². The second-order valence-electron chi connectivity index (χ2n) is 5.30. The Bertz CT molecular complexity index is 460. The van der Waals surface area contributed by atoms with E-state index in [1.54, 1.807) is 0 Å². The van der Waals surface area contributed by atoms with Gasteiger partial charge in [-0.2, -0.15) is 0 Å². The second-order valence-corrected chi connectivity index (χ2v) is 5.30. The summed E-state index contributed by atoms with van der Waals surface area (Å²) >= 11 is 0. The summed E-state index contributed by atoms with van der Waals surface area (Å²) in [6.07, 6.45) is 1.90. The van der Waals surface area contributed by atoms with Gasteiger partial charge in [0.15, 0.2) is 11.5 Å². The van der Waals surface area contributed by atoms with Crippen molar-refractivity contribution in [3.8, 4) is 11.5 Å². The fraction of sp³-hybridized carbons (Fsp3) is 0.562. The van der Waals surface area contributed by atoms with Gasteiger partial charge in [0, 0.05) is 6.04 Å². The number of benzene rings is 1. The van der Waals surface area contributed by atoms with Crippen molar-refractivity contribution in [3.05, 3.63) is 23.8 Å². The number of aromatic hydroxyl groups is 1. The second kappa shape index (κ2) is 8.52. The molecule has 0 spiro atoms. The Labute approximate surface area is 126 Å². The van der Waals surface area contributed by atoms with Crippen LogP contribution in [0.5, 0.6) is 11.5 Å². The molecule has 118 valence electrons. The van der Waals surface area contributed by atoms with Crippen LogP contribution in [0.2, 0.25) is 0 Å². The first-order valence-corrected chi connectivity index (χ1v) is 7.25. The largest absolute Gasteiger partial charge is 0.504 e. The standard InChI is InChI=1S/C16H25NO4/c1-5-6-9-20-15-10-13(7-8-14(15)18)16(19)21-11-12(2)17(3)4/h7-8,10,12,18H,5-6,9,11H2,1-4H3/t12-/m0/s1. The third-order valence-corrected chi connectivity index (χ3v) is 3.29. The van der Waals surface area contributed by atoms with E-state index < -0.39 is 5.97 Å². The van der Waals surface area contributed by atoms with Crippen LogP contribution in [0, 0.1) is 0 Å². The van der Waals surface area contributed by atoms with Gasteiger partial charge in [0.2, 0.25) is 0 Å². The maximum Gasteiger partial charge on any atom is 0.338 e. The molecule has 0 aliphatic rings. The molecule has 0 saturated carbocycles. The van der Waals surface area contributed by atoms with Crippen molar-refractivity contribution >= 4 is 5.97 Å². The highest BCUT2D eigenvalue weighted by molar-refractivity contribution is 5.90. The number of ether oxygens (including phenoxy) is 2. The van der Waals surface area contributed by atoms with Crippen molar-refractivity contribution in [1.82, 2.24) is 4.90 Å². The van der Waals surface area contributed by atoms with Crippen LogP contribution in [0.1, 0.15) is 37.0 Å². The van der Waals surface area contributed by atoms with Crippen molar-refractivity contribution < 1.29 is 19.4 Å². The summed E-state index contributed by atoms with van der Waals surface area (Å²) in [5, 5.41) is 9.72. The SMILES string of the molecule is CCCCOc1cc(C(=O)OC[C@H](C)N(C)C)ccc1O. The molecule has 0 amide bonds. The molecule has 21 heavy (non-hydrogen) atoms. The number of rotatable bonds is 8. The van der Waals surface area contributed by atoms with Gasteiger partial charge in [0.05, 0.1) is 12.2 Å². The predicted molar refractivity (Wildman–Crippen MR) is 81.9 cm³/mol. The van der Waals surface area contributed by atoms with Crippen LogP contribution in [-0.2, 0) is 4.74 Å². The van der Waals surface area contributed by atoms with E-state index in [4.69, 9.17) is 9.47 Å². The summed E-state index contributed by atoms with van der Waals surface area (Å²) in [7, 11) is 3.86. The molecule has 1 rings (SSSR count). The summed E-state index contributed by atoms with van der Waals surface area (Å²) in [6.45, 7) is 4.87. The third kappa shape index (κ3) is 5.63. The quantitative estimate of drug-likeness (QED) is 0.590. The van der Waals surface area contributed by atoms with Gasteiger partial charge >= 0.3 is 5.97 Å². The van der Waals surface area contributed by atoms with E-state index in [-0.39, 0.29) is 11.8 Å². The van der Waals surface area contributed by atoms with Crippen molar-refractivity contribution in [2.75, 3.05) is 27.3 Å². The maximum absolute atomic E-state index is 12.0. The number of esters is 1. The van der Waals surface area contributed by atoms with Gasteiger partial charge < -0.3 is 19.5 Å². The number of unbranched alkanes of at least 4 members (excludes halogenated alkanes) is 1. The molecule has 0 radical (unpaired) electrons. The highest BCUT2D eigenvalue weighted by atomic mass is 16.5. The molecule has 0 unspecified atom stereocenters. The third-order valence-electron chi connectivity index (χ3n) is 3.29. The Morgan fingerprint density at radius 1 is 1.38 bits per heavy atom. The van der Waals surface area contributed by atoms with E-state index in [1.165, 1.54) is 18.2 Å². The minimum Gasteiger partial charge on any atom is -0.504 e. The number of nitrogens with zero attached hydrogens (tertiary/aromatic N) is 1. The minimum absolute atomic E-state index is 0.0318. The zero-order valence-electron chi connectivity index (χ0n) is 13.3. The molecule has 0 fully saturated rings.